The SMILES string of the molecule is CCCCCCCCC(N)C1CN(CCC)CCO1. The van der Waals surface area contributed by atoms with Crippen LogP contribution >= 0.6 is 0 Å². The molecule has 1 saturated heterocycles. The maximum atomic E-state index is 6.30. The van der Waals surface area contributed by atoms with Gasteiger partial charge in [0.1, 0.15) is 0 Å². The minimum atomic E-state index is 0.228. The molecule has 0 bridgehead atoms. The number of morpholine rings is 1. The predicted octanol–water partition coefficient (Wildman–Crippen LogP) is 3.18. The third-order valence-electron chi connectivity index (χ3n) is 4.09. The molecule has 1 aliphatic heterocycles. The quantitative estimate of drug-likeness (QED) is 0.620. The van der Waals surface area contributed by atoms with Crippen LogP contribution in [0.15, 0.2) is 0 Å². The van der Waals surface area contributed by atoms with Crippen LogP contribution in [0.1, 0.15) is 65.2 Å². The summed E-state index contributed by atoms with van der Waals surface area (Å²) in [5.74, 6) is 0. The van der Waals surface area contributed by atoms with E-state index in [1.54, 1.807) is 0 Å². The molecule has 0 spiro atoms. The van der Waals surface area contributed by atoms with Crippen LogP contribution in [0.3, 0.4) is 0 Å². The Hall–Kier alpha value is -0.120. The average Bonchev–Trinajstić information content (AvgIpc) is 2.43. The molecular weight excluding hydrogens is 236 g/mol. The largest absolute Gasteiger partial charge is 0.374 e. The molecule has 0 amide bonds. The van der Waals surface area contributed by atoms with Crippen LogP contribution < -0.4 is 5.73 Å². The van der Waals surface area contributed by atoms with E-state index in [2.05, 4.69) is 18.7 Å². The van der Waals surface area contributed by atoms with E-state index in [0.29, 0.717) is 0 Å². The zero-order valence-corrected chi connectivity index (χ0v) is 13.1. The van der Waals surface area contributed by atoms with Crippen molar-refractivity contribution in [2.45, 2.75) is 77.4 Å². The zero-order valence-electron chi connectivity index (χ0n) is 13.1. The summed E-state index contributed by atoms with van der Waals surface area (Å²) in [4.78, 5) is 2.50. The van der Waals surface area contributed by atoms with Crippen molar-refractivity contribution >= 4 is 0 Å². The third-order valence-corrected chi connectivity index (χ3v) is 4.09. The summed E-state index contributed by atoms with van der Waals surface area (Å²) in [6, 6.07) is 0.228. The fraction of sp³-hybridized carbons (Fsp3) is 1.00. The molecule has 0 aromatic rings. The molecule has 2 unspecified atom stereocenters. The molecular formula is C16H34N2O. The van der Waals surface area contributed by atoms with Crippen LogP contribution in [0.25, 0.3) is 0 Å². The summed E-state index contributed by atoms with van der Waals surface area (Å²) in [6.07, 6.45) is 10.7. The van der Waals surface area contributed by atoms with Gasteiger partial charge < -0.3 is 10.5 Å². The highest BCUT2D eigenvalue weighted by molar-refractivity contribution is 4.80. The van der Waals surface area contributed by atoms with Crippen molar-refractivity contribution in [2.75, 3.05) is 26.2 Å². The molecule has 2 N–H and O–H groups in total. The van der Waals surface area contributed by atoms with Crippen molar-refractivity contribution in [1.82, 2.24) is 4.90 Å². The van der Waals surface area contributed by atoms with E-state index in [9.17, 15) is 0 Å². The number of hydrogen-bond acceptors (Lipinski definition) is 3. The van der Waals surface area contributed by atoms with Gasteiger partial charge in [0, 0.05) is 19.1 Å². The first kappa shape index (κ1) is 16.9. The Kier molecular flexibility index (Phi) is 9.48. The Morgan fingerprint density at radius 1 is 1.11 bits per heavy atom. The fourth-order valence-electron chi connectivity index (χ4n) is 2.86. The highest BCUT2D eigenvalue weighted by atomic mass is 16.5. The van der Waals surface area contributed by atoms with E-state index in [-0.39, 0.29) is 12.1 Å². The van der Waals surface area contributed by atoms with Gasteiger partial charge in [-0.2, -0.15) is 0 Å². The van der Waals surface area contributed by atoms with Gasteiger partial charge in [-0.05, 0) is 19.4 Å². The van der Waals surface area contributed by atoms with Crippen molar-refractivity contribution in [2.24, 2.45) is 5.73 Å². The molecule has 0 saturated carbocycles. The van der Waals surface area contributed by atoms with E-state index in [1.807, 2.05) is 0 Å². The Labute approximate surface area is 119 Å². The molecule has 3 heteroatoms. The highest BCUT2D eigenvalue weighted by Gasteiger charge is 2.24. The Morgan fingerprint density at radius 2 is 1.84 bits per heavy atom. The van der Waals surface area contributed by atoms with Crippen LogP contribution in [0.5, 0.6) is 0 Å². The molecule has 1 rings (SSSR count). The van der Waals surface area contributed by atoms with E-state index in [1.165, 1.54) is 51.5 Å². The topological polar surface area (TPSA) is 38.5 Å². The van der Waals surface area contributed by atoms with Gasteiger partial charge in [-0.25, -0.2) is 0 Å². The molecule has 1 heterocycles. The zero-order chi connectivity index (χ0) is 13.9. The van der Waals surface area contributed by atoms with Crippen LogP contribution in [0.2, 0.25) is 0 Å². The number of unbranched alkanes of at least 4 members (excludes halogenated alkanes) is 5. The lowest BCUT2D eigenvalue weighted by Crippen LogP contribution is -2.50. The number of nitrogens with zero attached hydrogens (tertiary/aromatic N) is 1. The number of rotatable bonds is 10. The molecule has 0 aromatic heterocycles. The second-order valence-corrected chi connectivity index (χ2v) is 5.93. The molecule has 0 radical (unpaired) electrons. The molecule has 3 nitrogen and oxygen atoms in total. The van der Waals surface area contributed by atoms with E-state index in [0.717, 1.165) is 26.1 Å². The Bertz CT molecular complexity index is 209. The first-order chi connectivity index (χ1) is 9.27. The van der Waals surface area contributed by atoms with Gasteiger partial charge in [0.25, 0.3) is 0 Å². The molecule has 114 valence electrons. The standard InChI is InChI=1S/C16H34N2O/c1-3-5-6-7-8-9-10-15(17)16-14-18(11-4-2)12-13-19-16/h15-16H,3-14,17H2,1-2H3. The van der Waals surface area contributed by atoms with Crippen molar-refractivity contribution in [3.05, 3.63) is 0 Å². The lowest BCUT2D eigenvalue weighted by Gasteiger charge is -2.35. The van der Waals surface area contributed by atoms with Gasteiger partial charge >= 0.3 is 0 Å². The van der Waals surface area contributed by atoms with Crippen LogP contribution in [0, 0.1) is 0 Å². The summed E-state index contributed by atoms with van der Waals surface area (Å²) >= 11 is 0. The maximum Gasteiger partial charge on any atom is 0.0853 e. The predicted molar refractivity (Wildman–Crippen MR) is 82.4 cm³/mol. The summed E-state index contributed by atoms with van der Waals surface area (Å²) in [6.45, 7) is 8.65. The monoisotopic (exact) mass is 270 g/mol. The molecule has 0 aromatic carbocycles. The summed E-state index contributed by atoms with van der Waals surface area (Å²) in [5, 5.41) is 0. The van der Waals surface area contributed by atoms with Crippen molar-refractivity contribution in [3.63, 3.8) is 0 Å². The van der Waals surface area contributed by atoms with Gasteiger partial charge in [-0.1, -0.05) is 52.4 Å². The second kappa shape index (κ2) is 10.6. The van der Waals surface area contributed by atoms with Gasteiger partial charge in [0.2, 0.25) is 0 Å². The molecule has 1 aliphatic rings. The molecule has 1 fully saturated rings. The smallest absolute Gasteiger partial charge is 0.0853 e. The van der Waals surface area contributed by atoms with Gasteiger partial charge in [-0.3, -0.25) is 4.90 Å². The highest BCUT2D eigenvalue weighted by Crippen LogP contribution is 2.14. The second-order valence-electron chi connectivity index (χ2n) is 5.93. The average molecular weight is 270 g/mol. The van der Waals surface area contributed by atoms with Gasteiger partial charge in [0.05, 0.1) is 12.7 Å². The fourth-order valence-corrected chi connectivity index (χ4v) is 2.86. The number of hydrogen-bond donors (Lipinski definition) is 1. The van der Waals surface area contributed by atoms with Crippen molar-refractivity contribution < 1.29 is 4.74 Å². The first-order valence-electron chi connectivity index (χ1n) is 8.37. The lowest BCUT2D eigenvalue weighted by atomic mass is 10.0. The first-order valence-corrected chi connectivity index (χ1v) is 8.37. The van der Waals surface area contributed by atoms with Gasteiger partial charge in [-0.15, -0.1) is 0 Å². The minimum absolute atomic E-state index is 0.228. The maximum absolute atomic E-state index is 6.30. The normalized spacial score (nSPS) is 22.6. The van der Waals surface area contributed by atoms with Crippen LogP contribution in [-0.4, -0.2) is 43.3 Å². The summed E-state index contributed by atoms with van der Waals surface area (Å²) in [5.41, 5.74) is 6.30. The number of nitrogens with two attached hydrogens (primary N) is 1. The summed E-state index contributed by atoms with van der Waals surface area (Å²) in [7, 11) is 0. The molecule has 19 heavy (non-hydrogen) atoms. The van der Waals surface area contributed by atoms with E-state index in [4.69, 9.17) is 10.5 Å². The third kappa shape index (κ3) is 7.28. The van der Waals surface area contributed by atoms with E-state index >= 15 is 0 Å². The Balaban J connectivity index is 2.09. The number of ether oxygens (including phenoxy) is 1. The van der Waals surface area contributed by atoms with E-state index < -0.39 is 0 Å². The van der Waals surface area contributed by atoms with Crippen molar-refractivity contribution in [1.29, 1.82) is 0 Å². The molecule has 2 atom stereocenters. The lowest BCUT2D eigenvalue weighted by molar-refractivity contribution is -0.0416. The van der Waals surface area contributed by atoms with Gasteiger partial charge in [0.15, 0.2) is 0 Å². The summed E-state index contributed by atoms with van der Waals surface area (Å²) < 4.78 is 5.85. The molecule has 0 aliphatic carbocycles. The van der Waals surface area contributed by atoms with Crippen LogP contribution in [-0.2, 0) is 4.74 Å². The minimum Gasteiger partial charge on any atom is -0.374 e. The Morgan fingerprint density at radius 3 is 2.58 bits per heavy atom. The van der Waals surface area contributed by atoms with Crippen LogP contribution in [0.4, 0.5) is 0 Å². The van der Waals surface area contributed by atoms with Crippen molar-refractivity contribution in [3.8, 4) is 0 Å².